The Morgan fingerprint density at radius 3 is 2.26 bits per heavy atom. The van der Waals surface area contributed by atoms with Crippen molar-refractivity contribution in [3.63, 3.8) is 0 Å². The first-order valence-electron chi connectivity index (χ1n) is 10.1. The second-order valence-corrected chi connectivity index (χ2v) is 10.2. The van der Waals surface area contributed by atoms with Crippen LogP contribution in [0.1, 0.15) is 17.3 Å². The van der Waals surface area contributed by atoms with E-state index in [1.165, 1.54) is 20.1 Å². The summed E-state index contributed by atoms with van der Waals surface area (Å²) < 4.78 is 33.8. The number of amides is 2. The first-order valence-corrected chi connectivity index (χ1v) is 12.5. The van der Waals surface area contributed by atoms with Gasteiger partial charge in [0.15, 0.2) is 0 Å². The van der Waals surface area contributed by atoms with Crippen LogP contribution in [0.4, 0.5) is 17.1 Å². The lowest BCUT2D eigenvalue weighted by atomic mass is 10.0. The Kier molecular flexibility index (Phi) is 6.53. The normalized spacial score (nSPS) is 11.1. The van der Waals surface area contributed by atoms with Gasteiger partial charge in [0.05, 0.1) is 24.0 Å². The maximum Gasteiger partial charge on any atom is 0.271 e. The summed E-state index contributed by atoms with van der Waals surface area (Å²) >= 11 is 1.08. The highest BCUT2D eigenvalue weighted by Gasteiger charge is 2.21. The fraction of sp³-hybridized carbons (Fsp3) is 0.0833. The van der Waals surface area contributed by atoms with Crippen molar-refractivity contribution in [3.05, 3.63) is 77.7 Å². The number of carbonyl (C=O) groups excluding carboxylic acids is 2. The van der Waals surface area contributed by atoms with Gasteiger partial charge in [-0.25, -0.2) is 8.42 Å². The molecule has 0 spiro atoms. The van der Waals surface area contributed by atoms with Gasteiger partial charge in [0, 0.05) is 12.6 Å². The largest absolute Gasteiger partial charge is 0.495 e. The van der Waals surface area contributed by atoms with Crippen LogP contribution < -0.4 is 20.1 Å². The number of carbonyl (C=O) groups is 2. The zero-order valence-electron chi connectivity index (χ0n) is 18.3. The third-order valence-corrected chi connectivity index (χ3v) is 7.67. The Morgan fingerprint density at radius 1 is 0.882 bits per heavy atom. The Balaban J connectivity index is 1.75. The molecule has 174 valence electrons. The fourth-order valence-corrected chi connectivity index (χ4v) is 5.46. The van der Waals surface area contributed by atoms with Crippen molar-refractivity contribution in [3.8, 4) is 5.75 Å². The van der Waals surface area contributed by atoms with Gasteiger partial charge in [-0.3, -0.25) is 14.3 Å². The van der Waals surface area contributed by atoms with E-state index in [0.29, 0.717) is 17.1 Å². The summed E-state index contributed by atoms with van der Waals surface area (Å²) in [6, 6.07) is 18.5. The molecule has 10 heteroatoms. The van der Waals surface area contributed by atoms with Crippen molar-refractivity contribution in [1.82, 2.24) is 0 Å². The molecule has 0 saturated carbocycles. The molecule has 3 N–H and O–H groups in total. The quantitative estimate of drug-likeness (QED) is 0.337. The summed E-state index contributed by atoms with van der Waals surface area (Å²) in [5.41, 5.74) is 1.06. The van der Waals surface area contributed by atoms with Crippen LogP contribution in [0.3, 0.4) is 0 Å². The van der Waals surface area contributed by atoms with Crippen LogP contribution >= 0.6 is 11.3 Å². The molecular weight excluding hydrogens is 474 g/mol. The molecule has 2 amide bonds. The number of sulfonamides is 1. The van der Waals surface area contributed by atoms with Gasteiger partial charge in [0.1, 0.15) is 9.96 Å². The summed E-state index contributed by atoms with van der Waals surface area (Å²) in [5.74, 6) is -0.431. The molecule has 0 saturated heterocycles. The van der Waals surface area contributed by atoms with Gasteiger partial charge in [-0.05, 0) is 52.6 Å². The molecule has 3 aromatic carbocycles. The zero-order chi connectivity index (χ0) is 24.3. The lowest BCUT2D eigenvalue weighted by Gasteiger charge is -2.16. The lowest BCUT2D eigenvalue weighted by molar-refractivity contribution is -0.114. The minimum absolute atomic E-state index is 0.130. The molecule has 0 aliphatic heterocycles. The van der Waals surface area contributed by atoms with Crippen LogP contribution in [-0.2, 0) is 14.8 Å². The van der Waals surface area contributed by atoms with Crippen molar-refractivity contribution in [1.29, 1.82) is 0 Å². The van der Waals surface area contributed by atoms with E-state index in [-0.39, 0.29) is 21.4 Å². The standard InChI is InChI=1S/C24H21N3O5S2/c1-15(28)25-18-9-10-22(32-2)21(14-18)26-24(29)19-12-16-6-3-4-7-17(16)13-20(19)27-34(30,31)23-8-5-11-33-23/h3-14,27H,1-2H3,(H,25,28)(H,26,29). The molecule has 1 heterocycles. The molecule has 0 radical (unpaired) electrons. The van der Waals surface area contributed by atoms with Gasteiger partial charge in [-0.1, -0.05) is 30.3 Å². The molecule has 0 aliphatic rings. The van der Waals surface area contributed by atoms with E-state index < -0.39 is 15.9 Å². The average molecular weight is 496 g/mol. The van der Waals surface area contributed by atoms with Gasteiger partial charge < -0.3 is 15.4 Å². The van der Waals surface area contributed by atoms with E-state index in [0.717, 1.165) is 22.1 Å². The lowest BCUT2D eigenvalue weighted by Crippen LogP contribution is -2.18. The van der Waals surface area contributed by atoms with Crippen molar-refractivity contribution in [2.24, 2.45) is 0 Å². The second-order valence-electron chi connectivity index (χ2n) is 7.33. The topological polar surface area (TPSA) is 114 Å². The van der Waals surface area contributed by atoms with Gasteiger partial charge in [0.25, 0.3) is 15.9 Å². The van der Waals surface area contributed by atoms with E-state index in [2.05, 4.69) is 15.4 Å². The smallest absolute Gasteiger partial charge is 0.271 e. The molecule has 0 atom stereocenters. The third kappa shape index (κ3) is 5.03. The molecule has 4 rings (SSSR count). The van der Waals surface area contributed by atoms with E-state index in [1.807, 2.05) is 24.3 Å². The Morgan fingerprint density at radius 2 is 1.62 bits per heavy atom. The molecule has 0 unspecified atom stereocenters. The maximum absolute atomic E-state index is 13.4. The van der Waals surface area contributed by atoms with Gasteiger partial charge >= 0.3 is 0 Å². The summed E-state index contributed by atoms with van der Waals surface area (Å²) in [5, 5.41) is 8.63. The number of benzene rings is 3. The van der Waals surface area contributed by atoms with E-state index in [9.17, 15) is 18.0 Å². The minimum atomic E-state index is -3.88. The summed E-state index contributed by atoms with van der Waals surface area (Å²) in [6.45, 7) is 1.38. The molecule has 0 fully saturated rings. The number of fused-ring (bicyclic) bond motifs is 1. The Labute approximate surface area is 200 Å². The van der Waals surface area contributed by atoms with E-state index >= 15 is 0 Å². The Bertz CT molecular complexity index is 1480. The first-order chi connectivity index (χ1) is 16.3. The molecule has 8 nitrogen and oxygen atoms in total. The molecule has 0 aliphatic carbocycles. The van der Waals surface area contributed by atoms with Gasteiger partial charge in [0.2, 0.25) is 5.91 Å². The van der Waals surface area contributed by atoms with Crippen molar-refractivity contribution in [2.45, 2.75) is 11.1 Å². The monoisotopic (exact) mass is 495 g/mol. The zero-order valence-corrected chi connectivity index (χ0v) is 19.9. The summed E-state index contributed by atoms with van der Waals surface area (Å²) in [4.78, 5) is 24.8. The summed E-state index contributed by atoms with van der Waals surface area (Å²) in [6.07, 6.45) is 0. The third-order valence-electron chi connectivity index (χ3n) is 4.90. The number of methoxy groups -OCH3 is 1. The average Bonchev–Trinajstić information content (AvgIpc) is 3.34. The number of thiophene rings is 1. The second kappa shape index (κ2) is 9.54. The molecule has 0 bridgehead atoms. The van der Waals surface area contributed by atoms with Crippen molar-refractivity contribution < 1.29 is 22.7 Å². The van der Waals surface area contributed by atoms with Crippen LogP contribution in [0.5, 0.6) is 5.75 Å². The predicted molar refractivity (Wildman–Crippen MR) is 134 cm³/mol. The highest BCUT2D eigenvalue weighted by Crippen LogP contribution is 2.31. The molecule has 4 aromatic rings. The van der Waals surface area contributed by atoms with Crippen LogP contribution in [0.2, 0.25) is 0 Å². The number of hydrogen-bond acceptors (Lipinski definition) is 6. The first kappa shape index (κ1) is 23.3. The minimum Gasteiger partial charge on any atom is -0.495 e. The SMILES string of the molecule is COc1ccc(NC(C)=O)cc1NC(=O)c1cc2ccccc2cc1NS(=O)(=O)c1cccs1. The number of rotatable bonds is 7. The van der Waals surface area contributed by atoms with Crippen molar-refractivity contribution in [2.75, 3.05) is 22.5 Å². The molecule has 34 heavy (non-hydrogen) atoms. The highest BCUT2D eigenvalue weighted by atomic mass is 32.2. The molecule has 1 aromatic heterocycles. The van der Waals surface area contributed by atoms with Crippen LogP contribution in [0.15, 0.2) is 76.3 Å². The van der Waals surface area contributed by atoms with E-state index in [1.54, 1.807) is 41.8 Å². The van der Waals surface area contributed by atoms with Crippen LogP contribution in [0.25, 0.3) is 10.8 Å². The highest BCUT2D eigenvalue weighted by molar-refractivity contribution is 7.94. The maximum atomic E-state index is 13.4. The Hall–Kier alpha value is -3.89. The predicted octanol–water partition coefficient (Wildman–Crippen LogP) is 4.92. The number of anilines is 3. The number of hydrogen-bond donors (Lipinski definition) is 3. The van der Waals surface area contributed by atoms with Crippen LogP contribution in [-0.4, -0.2) is 27.3 Å². The molecular formula is C24H21N3O5S2. The van der Waals surface area contributed by atoms with Gasteiger partial charge in [-0.2, -0.15) is 0 Å². The van der Waals surface area contributed by atoms with Gasteiger partial charge in [-0.15, -0.1) is 11.3 Å². The number of ether oxygens (including phenoxy) is 1. The van der Waals surface area contributed by atoms with Crippen LogP contribution in [0, 0.1) is 0 Å². The fourth-order valence-electron chi connectivity index (χ4n) is 3.40. The van der Waals surface area contributed by atoms with E-state index in [4.69, 9.17) is 4.74 Å². The van der Waals surface area contributed by atoms with Crippen molar-refractivity contribution >= 4 is 61.0 Å². The summed E-state index contributed by atoms with van der Waals surface area (Å²) in [7, 11) is -2.43. The number of nitrogens with one attached hydrogen (secondary N) is 3.